The maximum Gasteiger partial charge on any atom is 0.241 e. The molecule has 1 aromatic rings. The van der Waals surface area contributed by atoms with Crippen LogP contribution in [-0.2, 0) is 20.0 Å². The van der Waals surface area contributed by atoms with Crippen LogP contribution in [0.1, 0.15) is 31.2 Å². The number of benzene rings is 1. The van der Waals surface area contributed by atoms with E-state index < -0.39 is 20.5 Å². The van der Waals surface area contributed by atoms with Gasteiger partial charge in [0.05, 0.1) is 0 Å². The van der Waals surface area contributed by atoms with Gasteiger partial charge in [-0.15, -0.1) is 12.4 Å². The van der Waals surface area contributed by atoms with Gasteiger partial charge in [-0.05, 0) is 56.5 Å². The summed E-state index contributed by atoms with van der Waals surface area (Å²) in [4.78, 5) is 12.7. The summed E-state index contributed by atoms with van der Waals surface area (Å²) in [6, 6.07) is 6.41. The van der Waals surface area contributed by atoms with E-state index in [1.807, 2.05) is 6.07 Å². The van der Waals surface area contributed by atoms with Crippen molar-refractivity contribution >= 4 is 28.2 Å². The molecule has 3 rings (SSSR count). The molecule has 1 aromatic carbocycles. The van der Waals surface area contributed by atoms with Crippen LogP contribution in [0.5, 0.6) is 0 Å². The van der Waals surface area contributed by atoms with Crippen LogP contribution < -0.4 is 10.6 Å². The summed E-state index contributed by atoms with van der Waals surface area (Å²) in [6.07, 6.45) is 3.43. The highest BCUT2D eigenvalue weighted by Gasteiger charge is 2.50. The van der Waals surface area contributed by atoms with Crippen molar-refractivity contribution in [1.82, 2.24) is 10.6 Å². The molecule has 0 radical (unpaired) electrons. The summed E-state index contributed by atoms with van der Waals surface area (Å²) in [5.74, 6) is -0.717. The van der Waals surface area contributed by atoms with E-state index in [-0.39, 0.29) is 36.5 Å². The fourth-order valence-electron chi connectivity index (χ4n) is 3.54. The molecule has 1 saturated heterocycles. The number of nitrogens with one attached hydrogen (secondary N) is 2. The lowest BCUT2D eigenvalue weighted by Crippen LogP contribution is -2.58. The Morgan fingerprint density at radius 3 is 2.40 bits per heavy atom. The molecule has 5 nitrogen and oxygen atoms in total. The van der Waals surface area contributed by atoms with Gasteiger partial charge in [-0.2, -0.15) is 0 Å². The molecule has 2 N–H and O–H groups in total. The Balaban J connectivity index is 0.00000225. The van der Waals surface area contributed by atoms with Gasteiger partial charge in [-0.3, -0.25) is 4.79 Å². The molecule has 25 heavy (non-hydrogen) atoms. The topological polar surface area (TPSA) is 75.3 Å². The predicted molar refractivity (Wildman–Crippen MR) is 97.2 cm³/mol. The molecule has 1 aliphatic heterocycles. The van der Waals surface area contributed by atoms with Crippen molar-refractivity contribution in [1.29, 1.82) is 0 Å². The molecule has 1 aliphatic carbocycles. The van der Waals surface area contributed by atoms with E-state index in [0.29, 0.717) is 19.6 Å². The zero-order valence-electron chi connectivity index (χ0n) is 14.2. The number of sulfone groups is 1. The van der Waals surface area contributed by atoms with Crippen LogP contribution in [0, 0.1) is 5.82 Å². The van der Waals surface area contributed by atoms with E-state index in [0.717, 1.165) is 24.7 Å². The number of piperidine rings is 1. The van der Waals surface area contributed by atoms with E-state index in [4.69, 9.17) is 0 Å². The predicted octanol–water partition coefficient (Wildman–Crippen LogP) is 1.56. The SMILES string of the molecule is CS(=O)(=O)C1(C(=O)NCC2(c3cccc(F)c3)CC2)CCNCC1.Cl. The largest absolute Gasteiger partial charge is 0.354 e. The number of hydrogen-bond acceptors (Lipinski definition) is 4. The van der Waals surface area contributed by atoms with E-state index in [2.05, 4.69) is 10.6 Å². The molecule has 0 spiro atoms. The molecule has 1 saturated carbocycles. The summed E-state index contributed by atoms with van der Waals surface area (Å²) in [7, 11) is -3.52. The summed E-state index contributed by atoms with van der Waals surface area (Å²) >= 11 is 0. The Kier molecular flexibility index (Phi) is 5.81. The number of halogens is 2. The van der Waals surface area contributed by atoms with Crippen LogP contribution in [0.2, 0.25) is 0 Å². The molecular weight excluding hydrogens is 367 g/mol. The normalized spacial score (nSPS) is 21.0. The first-order chi connectivity index (χ1) is 11.3. The first-order valence-corrected chi connectivity index (χ1v) is 10.1. The van der Waals surface area contributed by atoms with Gasteiger partial charge in [0.1, 0.15) is 5.82 Å². The van der Waals surface area contributed by atoms with Crippen molar-refractivity contribution in [3.8, 4) is 0 Å². The van der Waals surface area contributed by atoms with Crippen LogP contribution in [0.3, 0.4) is 0 Å². The van der Waals surface area contributed by atoms with Crippen molar-refractivity contribution in [3.63, 3.8) is 0 Å². The van der Waals surface area contributed by atoms with E-state index in [9.17, 15) is 17.6 Å². The van der Waals surface area contributed by atoms with Crippen LogP contribution in [0.4, 0.5) is 4.39 Å². The Hall–Kier alpha value is -1.18. The smallest absolute Gasteiger partial charge is 0.241 e. The fourth-order valence-corrected chi connectivity index (χ4v) is 4.90. The first kappa shape index (κ1) is 20.1. The Labute approximate surface area is 154 Å². The molecule has 2 aliphatic rings. The van der Waals surface area contributed by atoms with Crippen LogP contribution in [0.25, 0.3) is 0 Å². The van der Waals surface area contributed by atoms with Crippen molar-refractivity contribution in [2.45, 2.75) is 35.8 Å². The fraction of sp³-hybridized carbons (Fsp3) is 0.588. The lowest BCUT2D eigenvalue weighted by molar-refractivity contribution is -0.124. The minimum Gasteiger partial charge on any atom is -0.354 e. The zero-order chi connectivity index (χ0) is 17.4. The number of hydrogen-bond donors (Lipinski definition) is 2. The van der Waals surface area contributed by atoms with Crippen molar-refractivity contribution in [3.05, 3.63) is 35.6 Å². The van der Waals surface area contributed by atoms with Crippen molar-refractivity contribution in [2.24, 2.45) is 0 Å². The monoisotopic (exact) mass is 390 g/mol. The summed E-state index contributed by atoms with van der Waals surface area (Å²) in [6.45, 7) is 1.37. The van der Waals surface area contributed by atoms with Gasteiger partial charge in [-0.1, -0.05) is 12.1 Å². The summed E-state index contributed by atoms with van der Waals surface area (Å²) in [5.41, 5.74) is 0.602. The number of carbonyl (C=O) groups is 1. The summed E-state index contributed by atoms with van der Waals surface area (Å²) in [5, 5.41) is 5.95. The highest BCUT2D eigenvalue weighted by Crippen LogP contribution is 2.47. The van der Waals surface area contributed by atoms with Gasteiger partial charge in [-0.25, -0.2) is 12.8 Å². The standard InChI is InChI=1S/C17H23FN2O3S.ClH/c1-24(22,23)17(7-9-19-10-8-17)15(21)20-12-16(5-6-16)13-3-2-4-14(18)11-13;/h2-4,11,19H,5-10,12H2,1H3,(H,20,21);1H. The molecule has 140 valence electrons. The lowest BCUT2D eigenvalue weighted by Gasteiger charge is -2.35. The Morgan fingerprint density at radius 1 is 1.24 bits per heavy atom. The average Bonchev–Trinajstić information content (AvgIpc) is 3.33. The second-order valence-corrected chi connectivity index (χ2v) is 9.32. The summed E-state index contributed by atoms with van der Waals surface area (Å²) < 4.78 is 36.6. The minimum absolute atomic E-state index is 0. The third-order valence-electron chi connectivity index (χ3n) is 5.41. The molecule has 0 aromatic heterocycles. The van der Waals surface area contributed by atoms with Gasteiger partial charge in [0.15, 0.2) is 14.6 Å². The van der Waals surface area contributed by atoms with Gasteiger partial charge >= 0.3 is 0 Å². The molecular formula is C17H24ClFN2O3S. The third-order valence-corrected chi connectivity index (χ3v) is 7.43. The van der Waals surface area contributed by atoms with E-state index in [1.54, 1.807) is 6.07 Å². The number of rotatable bonds is 5. The molecule has 1 amide bonds. The molecule has 8 heteroatoms. The van der Waals surface area contributed by atoms with Gasteiger partial charge < -0.3 is 10.6 Å². The zero-order valence-corrected chi connectivity index (χ0v) is 15.8. The Morgan fingerprint density at radius 2 is 1.88 bits per heavy atom. The first-order valence-electron chi connectivity index (χ1n) is 8.24. The van der Waals surface area contributed by atoms with Crippen LogP contribution in [0.15, 0.2) is 24.3 Å². The molecule has 1 heterocycles. The Bertz CT molecular complexity index is 744. The van der Waals surface area contributed by atoms with Crippen LogP contribution >= 0.6 is 12.4 Å². The third kappa shape index (κ3) is 3.83. The highest BCUT2D eigenvalue weighted by molar-refractivity contribution is 7.92. The van der Waals surface area contributed by atoms with Crippen molar-refractivity contribution < 1.29 is 17.6 Å². The maximum atomic E-state index is 13.5. The minimum atomic E-state index is -3.52. The van der Waals surface area contributed by atoms with Gasteiger partial charge in [0.25, 0.3) is 0 Å². The quantitative estimate of drug-likeness (QED) is 0.800. The second kappa shape index (κ2) is 7.21. The maximum absolute atomic E-state index is 13.5. The van der Waals surface area contributed by atoms with Crippen LogP contribution in [-0.4, -0.2) is 45.0 Å². The lowest BCUT2D eigenvalue weighted by atomic mass is 9.93. The number of carbonyl (C=O) groups excluding carboxylic acids is 1. The molecule has 0 bridgehead atoms. The number of amides is 1. The van der Waals surface area contributed by atoms with E-state index in [1.165, 1.54) is 12.1 Å². The molecule has 0 unspecified atom stereocenters. The van der Waals surface area contributed by atoms with E-state index >= 15 is 0 Å². The average molecular weight is 391 g/mol. The highest BCUT2D eigenvalue weighted by atomic mass is 35.5. The van der Waals surface area contributed by atoms with Crippen molar-refractivity contribution in [2.75, 3.05) is 25.9 Å². The molecule has 0 atom stereocenters. The molecule has 2 fully saturated rings. The second-order valence-electron chi connectivity index (χ2n) is 6.99. The van der Waals surface area contributed by atoms with Gasteiger partial charge in [0, 0.05) is 18.2 Å². The van der Waals surface area contributed by atoms with Gasteiger partial charge in [0.2, 0.25) is 5.91 Å².